The van der Waals surface area contributed by atoms with E-state index < -0.39 is 0 Å². The van der Waals surface area contributed by atoms with Gasteiger partial charge in [-0.25, -0.2) is 0 Å². The molecule has 1 aromatic heterocycles. The van der Waals surface area contributed by atoms with Crippen molar-refractivity contribution >= 4 is 22.7 Å². The lowest BCUT2D eigenvalue weighted by Crippen LogP contribution is -2.36. The highest BCUT2D eigenvalue weighted by atomic mass is 32.2. The molecular weight excluding hydrogens is 366 g/mol. The molecule has 0 amide bonds. The van der Waals surface area contributed by atoms with Gasteiger partial charge >= 0.3 is 0 Å². The van der Waals surface area contributed by atoms with Crippen molar-refractivity contribution in [2.45, 2.75) is 45.2 Å². The van der Waals surface area contributed by atoms with Crippen molar-refractivity contribution in [2.75, 3.05) is 37.9 Å². The molecule has 1 aliphatic carbocycles. The van der Waals surface area contributed by atoms with Crippen LogP contribution in [0.2, 0.25) is 0 Å². The van der Waals surface area contributed by atoms with Crippen molar-refractivity contribution in [1.29, 1.82) is 0 Å². The van der Waals surface area contributed by atoms with Crippen LogP contribution >= 0.6 is 11.8 Å². The quantitative estimate of drug-likeness (QED) is 0.757. The zero-order chi connectivity index (χ0) is 18.8. The smallest absolute Gasteiger partial charge is 0.152 e. The molecule has 3 aliphatic rings. The number of ether oxygens (including phenoxy) is 1. The second kappa shape index (κ2) is 8.60. The summed E-state index contributed by atoms with van der Waals surface area (Å²) in [6.07, 6.45) is 8.92. The van der Waals surface area contributed by atoms with Crippen LogP contribution in [0.25, 0.3) is 10.9 Å². The molecule has 1 aromatic carbocycles. The summed E-state index contributed by atoms with van der Waals surface area (Å²) in [6.45, 7) is 6.29. The van der Waals surface area contributed by atoms with Gasteiger partial charge in [-0.05, 0) is 36.5 Å². The number of fused-ring (bicyclic) bond motifs is 3. The molecule has 1 saturated carbocycles. The Morgan fingerprint density at radius 2 is 1.96 bits per heavy atom. The molecule has 5 rings (SSSR count). The predicted octanol–water partition coefficient (Wildman–Crippen LogP) is 4.52. The third-order valence-corrected chi connectivity index (χ3v) is 7.48. The molecule has 3 heterocycles. The maximum absolute atomic E-state index is 6.28. The van der Waals surface area contributed by atoms with Crippen molar-refractivity contribution in [3.8, 4) is 5.75 Å². The fourth-order valence-corrected chi connectivity index (χ4v) is 6.03. The second-order valence-electron chi connectivity index (χ2n) is 8.60. The number of hydrogen-bond donors (Lipinski definition) is 0. The van der Waals surface area contributed by atoms with Crippen LogP contribution in [-0.2, 0) is 13.1 Å². The number of hydrogen-bond acceptors (Lipinski definition) is 5. The van der Waals surface area contributed by atoms with E-state index in [2.05, 4.69) is 39.8 Å². The van der Waals surface area contributed by atoms with Crippen LogP contribution in [0.4, 0.5) is 0 Å². The lowest BCUT2D eigenvalue weighted by atomic mass is 9.89. The average Bonchev–Trinajstić information content (AvgIpc) is 2.75. The van der Waals surface area contributed by atoms with Crippen molar-refractivity contribution in [1.82, 2.24) is 14.8 Å². The summed E-state index contributed by atoms with van der Waals surface area (Å²) in [7, 11) is 0. The number of nitrogens with zero attached hydrogens (tertiary/aromatic N) is 3. The van der Waals surface area contributed by atoms with E-state index in [1.54, 1.807) is 0 Å². The van der Waals surface area contributed by atoms with Gasteiger partial charge in [0.15, 0.2) is 5.75 Å². The number of benzene rings is 1. The largest absolute Gasteiger partial charge is 0.475 e. The summed E-state index contributed by atoms with van der Waals surface area (Å²) in [5.41, 5.74) is 3.80. The maximum Gasteiger partial charge on any atom is 0.152 e. The van der Waals surface area contributed by atoms with Crippen molar-refractivity contribution in [2.24, 2.45) is 5.92 Å². The molecule has 2 fully saturated rings. The Morgan fingerprint density at radius 1 is 1.11 bits per heavy atom. The minimum atomic E-state index is 0.706. The van der Waals surface area contributed by atoms with Gasteiger partial charge in [0.25, 0.3) is 0 Å². The molecule has 0 atom stereocenters. The summed E-state index contributed by atoms with van der Waals surface area (Å²) in [5, 5.41) is 1.26. The highest BCUT2D eigenvalue weighted by Crippen LogP contribution is 2.36. The summed E-state index contributed by atoms with van der Waals surface area (Å²) in [6, 6.07) is 6.69. The van der Waals surface area contributed by atoms with E-state index in [1.165, 1.54) is 79.8 Å². The molecule has 0 N–H and O–H groups in total. The maximum atomic E-state index is 6.28. The normalized spacial score (nSPS) is 22.1. The summed E-state index contributed by atoms with van der Waals surface area (Å²) in [5.74, 6) is 4.37. The molecule has 2 aliphatic heterocycles. The highest BCUT2D eigenvalue weighted by molar-refractivity contribution is 7.99. The summed E-state index contributed by atoms with van der Waals surface area (Å²) < 4.78 is 6.28. The third kappa shape index (κ3) is 4.03. The standard InChI is InChI=1S/C23H31N3OS/c1-2-5-18(6-3-1)14-26-16-20-13-19(15-25-9-11-28-12-10-25)21-7-4-8-24-22(21)23(20)27-17-26/h4,7-8,13,18H,1-3,5-6,9-12,14-17H2. The first kappa shape index (κ1) is 18.7. The van der Waals surface area contributed by atoms with E-state index in [4.69, 9.17) is 9.72 Å². The fourth-order valence-electron chi connectivity index (χ4n) is 5.06. The SMILES string of the molecule is c1cnc2c3c(cc(CN4CCSCC4)c2c1)CN(CC1CCCCC1)CO3. The lowest BCUT2D eigenvalue weighted by Gasteiger charge is -2.34. The third-order valence-electron chi connectivity index (χ3n) is 6.53. The Kier molecular flexibility index (Phi) is 5.75. The van der Waals surface area contributed by atoms with E-state index in [0.717, 1.165) is 30.3 Å². The van der Waals surface area contributed by atoms with Crippen molar-refractivity contribution < 1.29 is 4.74 Å². The van der Waals surface area contributed by atoms with E-state index in [1.807, 2.05) is 6.20 Å². The zero-order valence-corrected chi connectivity index (χ0v) is 17.6. The van der Waals surface area contributed by atoms with Gasteiger partial charge in [0.1, 0.15) is 12.2 Å². The molecule has 0 spiro atoms. The van der Waals surface area contributed by atoms with Crippen LogP contribution in [0, 0.1) is 5.92 Å². The monoisotopic (exact) mass is 397 g/mol. The Bertz CT molecular complexity index is 815. The van der Waals surface area contributed by atoms with E-state index in [-0.39, 0.29) is 0 Å². The average molecular weight is 398 g/mol. The van der Waals surface area contributed by atoms with Gasteiger partial charge in [-0.1, -0.05) is 25.3 Å². The molecule has 28 heavy (non-hydrogen) atoms. The van der Waals surface area contributed by atoms with Gasteiger partial charge in [-0.15, -0.1) is 0 Å². The van der Waals surface area contributed by atoms with Crippen LogP contribution in [-0.4, -0.2) is 52.7 Å². The fraction of sp³-hybridized carbons (Fsp3) is 0.609. The Hall–Kier alpha value is -1.30. The molecule has 0 bridgehead atoms. The summed E-state index contributed by atoms with van der Waals surface area (Å²) >= 11 is 2.07. The zero-order valence-electron chi connectivity index (χ0n) is 16.7. The molecule has 0 unspecified atom stereocenters. The molecule has 2 aromatic rings. The first-order chi connectivity index (χ1) is 13.9. The van der Waals surface area contributed by atoms with Gasteiger partial charge < -0.3 is 4.74 Å². The first-order valence-corrected chi connectivity index (χ1v) is 12.1. The minimum absolute atomic E-state index is 0.706. The molecule has 4 nitrogen and oxygen atoms in total. The number of thioether (sulfide) groups is 1. The predicted molar refractivity (Wildman–Crippen MR) is 117 cm³/mol. The van der Waals surface area contributed by atoms with Gasteiger partial charge in [-0.3, -0.25) is 14.8 Å². The Labute approximate surface area is 172 Å². The van der Waals surface area contributed by atoms with Crippen LogP contribution in [0.15, 0.2) is 24.4 Å². The van der Waals surface area contributed by atoms with Gasteiger partial charge in [0, 0.05) is 61.4 Å². The van der Waals surface area contributed by atoms with Crippen molar-refractivity contribution in [3.63, 3.8) is 0 Å². The molecule has 150 valence electrons. The number of rotatable bonds is 4. The van der Waals surface area contributed by atoms with Crippen LogP contribution in [0.1, 0.15) is 43.2 Å². The van der Waals surface area contributed by atoms with Gasteiger partial charge in [0.05, 0.1) is 0 Å². The highest BCUT2D eigenvalue weighted by Gasteiger charge is 2.25. The number of aromatic nitrogens is 1. The molecule has 5 heteroatoms. The molecule has 1 saturated heterocycles. The van der Waals surface area contributed by atoms with E-state index in [9.17, 15) is 0 Å². The minimum Gasteiger partial charge on any atom is -0.475 e. The van der Waals surface area contributed by atoms with Crippen molar-refractivity contribution in [3.05, 3.63) is 35.5 Å². The molecule has 0 radical (unpaired) electrons. The van der Waals surface area contributed by atoms with Crippen LogP contribution in [0.5, 0.6) is 5.75 Å². The Morgan fingerprint density at radius 3 is 2.82 bits per heavy atom. The van der Waals surface area contributed by atoms with Gasteiger partial charge in [-0.2, -0.15) is 11.8 Å². The topological polar surface area (TPSA) is 28.6 Å². The Balaban J connectivity index is 1.40. The summed E-state index contributed by atoms with van der Waals surface area (Å²) in [4.78, 5) is 9.82. The van der Waals surface area contributed by atoms with E-state index in [0.29, 0.717) is 6.73 Å². The van der Waals surface area contributed by atoms with Crippen LogP contribution < -0.4 is 4.74 Å². The lowest BCUT2D eigenvalue weighted by molar-refractivity contribution is 0.0741. The van der Waals surface area contributed by atoms with E-state index >= 15 is 0 Å². The molecular formula is C23H31N3OS. The van der Waals surface area contributed by atoms with Crippen LogP contribution in [0.3, 0.4) is 0 Å². The number of pyridine rings is 1. The van der Waals surface area contributed by atoms with Gasteiger partial charge in [0.2, 0.25) is 0 Å². The first-order valence-electron chi connectivity index (χ1n) is 10.9. The second-order valence-corrected chi connectivity index (χ2v) is 9.83.